The molecule has 0 spiro atoms. The van der Waals surface area contributed by atoms with Crippen molar-refractivity contribution in [2.24, 2.45) is 0 Å². The number of hydrogen-bond acceptors (Lipinski definition) is 7. The van der Waals surface area contributed by atoms with Crippen molar-refractivity contribution in [3.8, 4) is 0 Å². The number of aliphatic hydroxyl groups excluding tert-OH is 4. The van der Waals surface area contributed by atoms with E-state index in [9.17, 15) is 24.9 Å². The zero-order valence-corrected chi connectivity index (χ0v) is 18.4. The van der Waals surface area contributed by atoms with Crippen molar-refractivity contribution >= 4 is 11.9 Å². The van der Waals surface area contributed by atoms with E-state index in [1.165, 1.54) is 57.8 Å². The van der Waals surface area contributed by atoms with Gasteiger partial charge in [-0.25, -0.2) is 4.79 Å². The summed E-state index contributed by atoms with van der Waals surface area (Å²) in [5, 5.41) is 46.6. The average molecular weight is 435 g/mol. The quantitative estimate of drug-likeness (QED) is 0.145. The van der Waals surface area contributed by atoms with Crippen molar-refractivity contribution in [2.45, 2.75) is 121 Å². The van der Waals surface area contributed by atoms with Crippen LogP contribution in [0.1, 0.15) is 96.8 Å². The van der Waals surface area contributed by atoms with E-state index in [4.69, 9.17) is 14.9 Å². The van der Waals surface area contributed by atoms with E-state index in [2.05, 4.69) is 6.92 Å². The minimum atomic E-state index is -2.04. The number of carbonyl (C=O) groups is 2. The van der Waals surface area contributed by atoms with Gasteiger partial charge in [0.2, 0.25) is 6.10 Å². The highest BCUT2D eigenvalue weighted by Gasteiger charge is 2.38. The summed E-state index contributed by atoms with van der Waals surface area (Å²) in [5.74, 6) is -2.42. The Labute approximate surface area is 180 Å². The number of unbranched alkanes of at least 4 members (excludes halogenated alkanes) is 12. The number of rotatable bonds is 20. The van der Waals surface area contributed by atoms with Crippen LogP contribution in [-0.2, 0) is 14.3 Å². The van der Waals surface area contributed by atoms with Crippen molar-refractivity contribution in [3.05, 3.63) is 0 Å². The molecule has 4 atom stereocenters. The third-order valence-corrected chi connectivity index (χ3v) is 5.23. The van der Waals surface area contributed by atoms with Crippen LogP contribution in [-0.4, -0.2) is 68.5 Å². The van der Waals surface area contributed by atoms with Gasteiger partial charge in [-0.3, -0.25) is 4.79 Å². The average Bonchev–Trinajstić information content (AvgIpc) is 2.73. The molecule has 0 amide bonds. The number of esters is 1. The summed E-state index contributed by atoms with van der Waals surface area (Å²) in [6, 6.07) is 0. The van der Waals surface area contributed by atoms with Crippen LogP contribution in [0, 0.1) is 0 Å². The van der Waals surface area contributed by atoms with Crippen LogP contribution in [0.3, 0.4) is 0 Å². The van der Waals surface area contributed by atoms with Gasteiger partial charge in [-0.15, -0.1) is 0 Å². The normalized spacial score (nSPS) is 15.4. The molecular weight excluding hydrogens is 392 g/mol. The third-order valence-electron chi connectivity index (χ3n) is 5.23. The Kier molecular flexibility index (Phi) is 17.8. The first-order valence-corrected chi connectivity index (χ1v) is 11.4. The molecule has 8 nitrogen and oxygen atoms in total. The standard InChI is InChI=1S/C22H42O8/c1-2-3-4-5-6-7-8-9-10-11-12-13-14-15-18(25)30-21(22(28)29)20(27)19(26)17(24)16-23/h17,19-21,23-24,26-27H,2-16H2,1H3,(H,28,29)/t17-,19+,20+,21-/m1/s1. The van der Waals surface area contributed by atoms with Crippen LogP contribution >= 0.6 is 0 Å². The van der Waals surface area contributed by atoms with Gasteiger partial charge in [-0.1, -0.05) is 84.0 Å². The van der Waals surface area contributed by atoms with Crippen LogP contribution in [0.4, 0.5) is 0 Å². The smallest absolute Gasteiger partial charge is 0.347 e. The van der Waals surface area contributed by atoms with Crippen LogP contribution in [0.2, 0.25) is 0 Å². The largest absolute Gasteiger partial charge is 0.478 e. The molecule has 0 aromatic heterocycles. The van der Waals surface area contributed by atoms with Gasteiger partial charge in [-0.05, 0) is 6.42 Å². The molecule has 0 fully saturated rings. The molecule has 0 unspecified atom stereocenters. The molecule has 0 aliphatic rings. The highest BCUT2D eigenvalue weighted by atomic mass is 16.6. The molecule has 0 bridgehead atoms. The highest BCUT2D eigenvalue weighted by molar-refractivity contribution is 5.78. The zero-order chi connectivity index (χ0) is 22.8. The number of carboxylic acids is 1. The molecule has 0 saturated heterocycles. The summed E-state index contributed by atoms with van der Waals surface area (Å²) in [7, 11) is 0. The lowest BCUT2D eigenvalue weighted by atomic mass is 10.0. The van der Waals surface area contributed by atoms with E-state index in [0.717, 1.165) is 19.3 Å². The van der Waals surface area contributed by atoms with E-state index in [1.54, 1.807) is 0 Å². The second-order valence-electron chi connectivity index (χ2n) is 7.97. The number of hydrogen-bond donors (Lipinski definition) is 5. The topological polar surface area (TPSA) is 145 Å². The van der Waals surface area contributed by atoms with Crippen molar-refractivity contribution in [2.75, 3.05) is 6.61 Å². The Hall–Kier alpha value is -1.22. The molecule has 0 aromatic carbocycles. The Balaban J connectivity index is 3.83. The molecule has 0 saturated carbocycles. The van der Waals surface area contributed by atoms with E-state index >= 15 is 0 Å². The Bertz CT molecular complexity index is 443. The first-order valence-electron chi connectivity index (χ1n) is 11.4. The molecule has 0 aromatic rings. The summed E-state index contributed by atoms with van der Waals surface area (Å²) < 4.78 is 4.76. The minimum absolute atomic E-state index is 0.0207. The molecule has 0 aliphatic heterocycles. The van der Waals surface area contributed by atoms with Crippen molar-refractivity contribution < 1.29 is 39.9 Å². The molecule has 0 aliphatic carbocycles. The predicted octanol–water partition coefficient (Wildman–Crippen LogP) is 2.54. The second kappa shape index (κ2) is 18.5. The Morgan fingerprint density at radius 1 is 0.733 bits per heavy atom. The fourth-order valence-electron chi connectivity index (χ4n) is 3.27. The second-order valence-corrected chi connectivity index (χ2v) is 7.97. The summed E-state index contributed by atoms with van der Waals surface area (Å²) in [6.45, 7) is 1.36. The lowest BCUT2D eigenvalue weighted by Gasteiger charge is -2.26. The fraction of sp³-hybridized carbons (Fsp3) is 0.909. The number of ether oxygens (including phenoxy) is 1. The third kappa shape index (κ3) is 13.9. The van der Waals surface area contributed by atoms with E-state index in [0.29, 0.717) is 6.42 Å². The Morgan fingerprint density at radius 2 is 1.17 bits per heavy atom. The minimum Gasteiger partial charge on any atom is -0.478 e. The van der Waals surface area contributed by atoms with Crippen LogP contribution in [0.25, 0.3) is 0 Å². The first kappa shape index (κ1) is 28.8. The number of aliphatic hydroxyl groups is 4. The number of carboxylic acid groups (broad SMARTS) is 1. The zero-order valence-electron chi connectivity index (χ0n) is 18.4. The van der Waals surface area contributed by atoms with Gasteiger partial charge >= 0.3 is 11.9 Å². The molecule has 0 rings (SSSR count). The lowest BCUT2D eigenvalue weighted by molar-refractivity contribution is -0.182. The fourth-order valence-corrected chi connectivity index (χ4v) is 3.27. The molecule has 5 N–H and O–H groups in total. The summed E-state index contributed by atoms with van der Waals surface area (Å²) in [6.07, 6.45) is 7.38. The van der Waals surface area contributed by atoms with Gasteiger partial charge in [0.25, 0.3) is 0 Å². The van der Waals surface area contributed by atoms with Crippen molar-refractivity contribution in [1.82, 2.24) is 0 Å². The highest BCUT2D eigenvalue weighted by Crippen LogP contribution is 2.14. The van der Waals surface area contributed by atoms with Crippen LogP contribution in [0.5, 0.6) is 0 Å². The molecular formula is C22H42O8. The lowest BCUT2D eigenvalue weighted by Crippen LogP contribution is -2.50. The van der Waals surface area contributed by atoms with Gasteiger partial charge in [0.15, 0.2) is 0 Å². The maximum Gasteiger partial charge on any atom is 0.347 e. The monoisotopic (exact) mass is 434 g/mol. The summed E-state index contributed by atoms with van der Waals surface area (Å²) in [4.78, 5) is 23.0. The van der Waals surface area contributed by atoms with Crippen molar-refractivity contribution in [1.29, 1.82) is 0 Å². The molecule has 178 valence electrons. The van der Waals surface area contributed by atoms with Crippen molar-refractivity contribution in [3.63, 3.8) is 0 Å². The van der Waals surface area contributed by atoms with E-state index < -0.39 is 43.0 Å². The number of aliphatic carboxylic acids is 1. The SMILES string of the molecule is CCCCCCCCCCCCCCCC(=O)O[C@@H](C(=O)O)[C@@H](O)[C@@H](O)[C@H](O)CO. The van der Waals surface area contributed by atoms with E-state index in [-0.39, 0.29) is 6.42 Å². The Morgan fingerprint density at radius 3 is 1.57 bits per heavy atom. The maximum absolute atomic E-state index is 11.8. The van der Waals surface area contributed by atoms with Crippen LogP contribution in [0.15, 0.2) is 0 Å². The van der Waals surface area contributed by atoms with Gasteiger partial charge in [-0.2, -0.15) is 0 Å². The molecule has 0 heterocycles. The van der Waals surface area contributed by atoms with Gasteiger partial charge in [0, 0.05) is 6.42 Å². The first-order chi connectivity index (χ1) is 14.3. The molecule has 30 heavy (non-hydrogen) atoms. The van der Waals surface area contributed by atoms with Gasteiger partial charge in [0.1, 0.15) is 18.3 Å². The van der Waals surface area contributed by atoms with E-state index in [1.807, 2.05) is 0 Å². The summed E-state index contributed by atoms with van der Waals surface area (Å²) in [5.41, 5.74) is 0. The maximum atomic E-state index is 11.8. The van der Waals surface area contributed by atoms with Crippen LogP contribution < -0.4 is 0 Å². The predicted molar refractivity (Wildman–Crippen MR) is 113 cm³/mol. The summed E-state index contributed by atoms with van der Waals surface area (Å²) >= 11 is 0. The van der Waals surface area contributed by atoms with Gasteiger partial charge in [0.05, 0.1) is 6.61 Å². The van der Waals surface area contributed by atoms with Gasteiger partial charge < -0.3 is 30.3 Å². The number of carbonyl (C=O) groups excluding carboxylic acids is 1. The molecule has 8 heteroatoms. The molecule has 0 radical (unpaired) electrons.